The molecule has 0 saturated heterocycles. The highest BCUT2D eigenvalue weighted by molar-refractivity contribution is 5.73. The number of carbonyl (C=O) groups excluding carboxylic acids is 1. The SMILES string of the molecule is CCOC(=O)Cc1cc(C(F)F)c(N)nc1CN. The molecule has 1 aromatic heterocycles. The minimum absolute atomic E-state index is 0.0163. The van der Waals surface area contributed by atoms with Gasteiger partial charge >= 0.3 is 5.97 Å². The predicted octanol–water partition coefficient (Wildman–Crippen LogP) is 1.17. The molecule has 0 unspecified atom stereocenters. The number of hydrogen-bond acceptors (Lipinski definition) is 5. The van der Waals surface area contributed by atoms with Gasteiger partial charge in [0.1, 0.15) is 5.82 Å². The third-order valence-corrected chi connectivity index (χ3v) is 2.32. The molecule has 0 saturated carbocycles. The van der Waals surface area contributed by atoms with Crippen LogP contribution in [0.3, 0.4) is 0 Å². The van der Waals surface area contributed by atoms with Gasteiger partial charge in [-0.2, -0.15) is 0 Å². The first kappa shape index (κ1) is 14.3. The number of carbonyl (C=O) groups is 1. The van der Waals surface area contributed by atoms with Gasteiger partial charge in [-0.05, 0) is 18.6 Å². The molecule has 5 nitrogen and oxygen atoms in total. The molecule has 4 N–H and O–H groups in total. The molecule has 18 heavy (non-hydrogen) atoms. The van der Waals surface area contributed by atoms with E-state index in [1.165, 1.54) is 0 Å². The molecule has 0 aliphatic rings. The number of nitrogens with zero attached hydrogens (tertiary/aromatic N) is 1. The molecule has 0 amide bonds. The lowest BCUT2D eigenvalue weighted by Crippen LogP contribution is -2.14. The zero-order valence-electron chi connectivity index (χ0n) is 9.95. The molecular weight excluding hydrogens is 244 g/mol. The fourth-order valence-electron chi connectivity index (χ4n) is 1.50. The normalized spacial score (nSPS) is 10.7. The van der Waals surface area contributed by atoms with Crippen LogP contribution in [0.2, 0.25) is 0 Å². The number of alkyl halides is 2. The molecule has 0 fully saturated rings. The molecule has 1 aromatic rings. The van der Waals surface area contributed by atoms with E-state index in [4.69, 9.17) is 16.2 Å². The van der Waals surface area contributed by atoms with Crippen molar-refractivity contribution in [2.45, 2.75) is 26.3 Å². The fraction of sp³-hybridized carbons (Fsp3) is 0.455. The number of nitrogen functional groups attached to an aromatic ring is 1. The molecule has 7 heteroatoms. The maximum atomic E-state index is 12.7. The lowest BCUT2D eigenvalue weighted by Gasteiger charge is -2.11. The average Bonchev–Trinajstić information content (AvgIpc) is 2.30. The molecule has 0 atom stereocenters. The van der Waals surface area contributed by atoms with Gasteiger partial charge in [-0.15, -0.1) is 0 Å². The highest BCUT2D eigenvalue weighted by Gasteiger charge is 2.18. The van der Waals surface area contributed by atoms with Crippen LogP contribution in [0.15, 0.2) is 6.07 Å². The molecule has 0 spiro atoms. The second-order valence-electron chi connectivity index (χ2n) is 3.56. The Morgan fingerprint density at radius 1 is 1.56 bits per heavy atom. The van der Waals surface area contributed by atoms with Crippen molar-refractivity contribution in [3.63, 3.8) is 0 Å². The van der Waals surface area contributed by atoms with Crippen molar-refractivity contribution in [3.05, 3.63) is 22.9 Å². The fourth-order valence-corrected chi connectivity index (χ4v) is 1.50. The molecule has 0 bridgehead atoms. The number of anilines is 1. The average molecular weight is 259 g/mol. The third kappa shape index (κ3) is 3.36. The van der Waals surface area contributed by atoms with Crippen LogP contribution in [0.4, 0.5) is 14.6 Å². The Hall–Kier alpha value is -1.76. The van der Waals surface area contributed by atoms with E-state index in [1.807, 2.05) is 0 Å². The van der Waals surface area contributed by atoms with Crippen molar-refractivity contribution in [1.29, 1.82) is 0 Å². The number of hydrogen-bond donors (Lipinski definition) is 2. The zero-order valence-corrected chi connectivity index (χ0v) is 9.95. The van der Waals surface area contributed by atoms with E-state index in [9.17, 15) is 13.6 Å². The van der Waals surface area contributed by atoms with Gasteiger partial charge in [-0.25, -0.2) is 13.8 Å². The smallest absolute Gasteiger partial charge is 0.310 e. The number of esters is 1. The first-order valence-corrected chi connectivity index (χ1v) is 5.41. The van der Waals surface area contributed by atoms with Gasteiger partial charge in [0.05, 0.1) is 24.3 Å². The Balaban J connectivity index is 3.08. The predicted molar refractivity (Wildman–Crippen MR) is 61.8 cm³/mol. The summed E-state index contributed by atoms with van der Waals surface area (Å²) < 4.78 is 30.1. The summed E-state index contributed by atoms with van der Waals surface area (Å²) in [6.45, 7) is 1.90. The second-order valence-corrected chi connectivity index (χ2v) is 3.56. The molecular formula is C11H15F2N3O2. The number of ether oxygens (including phenoxy) is 1. The summed E-state index contributed by atoms with van der Waals surface area (Å²) in [6.07, 6.45) is -2.89. The summed E-state index contributed by atoms with van der Waals surface area (Å²) in [5.74, 6) is -0.781. The zero-order chi connectivity index (χ0) is 13.7. The van der Waals surface area contributed by atoms with Gasteiger partial charge in [0.25, 0.3) is 6.43 Å². The Labute approximate surface area is 103 Å². The van der Waals surface area contributed by atoms with Crippen molar-refractivity contribution >= 4 is 11.8 Å². The molecule has 100 valence electrons. The number of aromatic nitrogens is 1. The monoisotopic (exact) mass is 259 g/mol. The van der Waals surface area contributed by atoms with Crippen LogP contribution in [0.1, 0.15) is 30.2 Å². The number of pyridine rings is 1. The minimum atomic E-state index is -2.75. The number of halogens is 2. The van der Waals surface area contributed by atoms with Gasteiger partial charge in [0, 0.05) is 6.54 Å². The highest BCUT2D eigenvalue weighted by atomic mass is 19.3. The highest BCUT2D eigenvalue weighted by Crippen LogP contribution is 2.26. The lowest BCUT2D eigenvalue weighted by molar-refractivity contribution is -0.142. The van der Waals surface area contributed by atoms with Crippen molar-refractivity contribution in [1.82, 2.24) is 4.98 Å². The first-order valence-electron chi connectivity index (χ1n) is 5.41. The van der Waals surface area contributed by atoms with E-state index >= 15 is 0 Å². The maximum Gasteiger partial charge on any atom is 0.310 e. The summed E-state index contributed by atoms with van der Waals surface area (Å²) in [5.41, 5.74) is 11.1. The van der Waals surface area contributed by atoms with Crippen LogP contribution in [-0.2, 0) is 22.5 Å². The van der Waals surface area contributed by atoms with Crippen LogP contribution < -0.4 is 11.5 Å². The van der Waals surface area contributed by atoms with Gasteiger partial charge < -0.3 is 16.2 Å². The van der Waals surface area contributed by atoms with Crippen molar-refractivity contribution in [3.8, 4) is 0 Å². The van der Waals surface area contributed by atoms with Crippen LogP contribution in [-0.4, -0.2) is 17.6 Å². The van der Waals surface area contributed by atoms with Crippen LogP contribution in [0.5, 0.6) is 0 Å². The summed E-state index contributed by atoms with van der Waals surface area (Å²) in [6, 6.07) is 1.16. The van der Waals surface area contributed by atoms with Gasteiger partial charge in [-0.1, -0.05) is 0 Å². The maximum absolute atomic E-state index is 12.7. The molecule has 0 aromatic carbocycles. The van der Waals surface area contributed by atoms with Gasteiger partial charge in [0.15, 0.2) is 0 Å². The molecule has 0 radical (unpaired) electrons. The van der Waals surface area contributed by atoms with Crippen LogP contribution in [0.25, 0.3) is 0 Å². The Morgan fingerprint density at radius 3 is 2.72 bits per heavy atom. The summed E-state index contributed by atoms with van der Waals surface area (Å²) in [4.78, 5) is 15.1. The summed E-state index contributed by atoms with van der Waals surface area (Å²) >= 11 is 0. The van der Waals surface area contributed by atoms with Crippen molar-refractivity contribution in [2.24, 2.45) is 5.73 Å². The molecule has 1 rings (SSSR count). The number of nitrogens with two attached hydrogens (primary N) is 2. The summed E-state index contributed by atoms with van der Waals surface area (Å²) in [5, 5.41) is 0. The standard InChI is InChI=1S/C11H15F2N3O2/c1-2-18-9(17)4-6-3-7(10(12)13)11(15)16-8(6)5-14/h3,10H,2,4-5,14H2,1H3,(H2,15,16). The van der Waals surface area contributed by atoms with Gasteiger partial charge in [-0.3, -0.25) is 4.79 Å². The Morgan fingerprint density at radius 2 is 2.22 bits per heavy atom. The van der Waals surface area contributed by atoms with E-state index in [-0.39, 0.29) is 25.4 Å². The largest absolute Gasteiger partial charge is 0.466 e. The van der Waals surface area contributed by atoms with Crippen molar-refractivity contribution in [2.75, 3.05) is 12.3 Å². The topological polar surface area (TPSA) is 91.2 Å². The quantitative estimate of drug-likeness (QED) is 0.774. The van der Waals surface area contributed by atoms with E-state index < -0.39 is 18.0 Å². The third-order valence-electron chi connectivity index (χ3n) is 2.32. The first-order chi connectivity index (χ1) is 8.49. The summed E-state index contributed by atoms with van der Waals surface area (Å²) in [7, 11) is 0. The molecule has 0 aliphatic heterocycles. The van der Waals surface area contributed by atoms with E-state index in [2.05, 4.69) is 4.98 Å². The Bertz CT molecular complexity index is 439. The van der Waals surface area contributed by atoms with Crippen LogP contribution in [0, 0.1) is 0 Å². The van der Waals surface area contributed by atoms with E-state index in [0.29, 0.717) is 11.3 Å². The lowest BCUT2D eigenvalue weighted by atomic mass is 10.1. The second kappa shape index (κ2) is 6.25. The Kier molecular flexibility index (Phi) is 4.96. The van der Waals surface area contributed by atoms with E-state index in [1.54, 1.807) is 6.92 Å². The van der Waals surface area contributed by atoms with Crippen LogP contribution >= 0.6 is 0 Å². The molecule has 1 heterocycles. The van der Waals surface area contributed by atoms with Gasteiger partial charge in [0.2, 0.25) is 0 Å². The minimum Gasteiger partial charge on any atom is -0.466 e. The van der Waals surface area contributed by atoms with E-state index in [0.717, 1.165) is 6.07 Å². The number of rotatable bonds is 5. The molecule has 0 aliphatic carbocycles. The van der Waals surface area contributed by atoms with Crippen molar-refractivity contribution < 1.29 is 18.3 Å².